The lowest BCUT2D eigenvalue weighted by atomic mass is 9.83. The van der Waals surface area contributed by atoms with Gasteiger partial charge in [0.05, 0.1) is 0 Å². The van der Waals surface area contributed by atoms with Crippen molar-refractivity contribution in [2.24, 2.45) is 5.92 Å². The van der Waals surface area contributed by atoms with Crippen LogP contribution in [0.2, 0.25) is 0 Å². The van der Waals surface area contributed by atoms with E-state index in [0.717, 1.165) is 19.4 Å². The molecule has 1 atom stereocenters. The molecule has 1 amide bonds. The molecule has 1 aliphatic carbocycles. The minimum absolute atomic E-state index is 0.140. The van der Waals surface area contributed by atoms with Crippen molar-refractivity contribution in [2.45, 2.75) is 51.0 Å². The van der Waals surface area contributed by atoms with Crippen molar-refractivity contribution in [3.8, 4) is 0 Å². The Bertz CT molecular complexity index is 808. The molecule has 0 radical (unpaired) electrons. The molecule has 1 aliphatic heterocycles. The zero-order chi connectivity index (χ0) is 16.5. The lowest BCUT2D eigenvalue weighted by Crippen LogP contribution is -2.43. The zero-order valence-electron chi connectivity index (χ0n) is 13.9. The summed E-state index contributed by atoms with van der Waals surface area (Å²) in [5, 5.41) is 0. The van der Waals surface area contributed by atoms with Crippen LogP contribution < -0.4 is 5.56 Å². The molecule has 5 nitrogen and oxygen atoms in total. The van der Waals surface area contributed by atoms with Gasteiger partial charge in [0, 0.05) is 25.0 Å². The predicted octanol–water partition coefficient (Wildman–Crippen LogP) is 2.88. The Labute approximate surface area is 141 Å². The van der Waals surface area contributed by atoms with Crippen molar-refractivity contribution >= 4 is 11.6 Å². The maximum Gasteiger partial charge on any atom is 0.270 e. The van der Waals surface area contributed by atoms with E-state index in [9.17, 15) is 9.59 Å². The van der Waals surface area contributed by atoms with Gasteiger partial charge in [-0.1, -0.05) is 25.3 Å². The third-order valence-electron chi connectivity index (χ3n) is 5.60. The monoisotopic (exact) mass is 325 g/mol. The molecule has 2 aromatic heterocycles. The summed E-state index contributed by atoms with van der Waals surface area (Å²) >= 11 is 0. The van der Waals surface area contributed by atoms with Crippen molar-refractivity contribution in [2.75, 3.05) is 6.54 Å². The van der Waals surface area contributed by atoms with E-state index in [2.05, 4.69) is 4.98 Å². The second-order valence-electron chi connectivity index (χ2n) is 7.01. The third kappa shape index (κ3) is 2.62. The van der Waals surface area contributed by atoms with Crippen LogP contribution >= 0.6 is 0 Å². The topological polar surface area (TPSA) is 54.7 Å². The van der Waals surface area contributed by atoms with Crippen molar-refractivity contribution in [1.29, 1.82) is 0 Å². The fourth-order valence-electron chi connectivity index (χ4n) is 4.38. The van der Waals surface area contributed by atoms with Crippen molar-refractivity contribution < 1.29 is 4.79 Å². The molecule has 2 aromatic rings. The molecular weight excluding hydrogens is 302 g/mol. The van der Waals surface area contributed by atoms with Crippen LogP contribution in [0.25, 0.3) is 5.65 Å². The highest BCUT2D eigenvalue weighted by atomic mass is 16.2. The number of pyridine rings is 1. The molecule has 0 aromatic carbocycles. The molecule has 2 aliphatic rings. The number of carbonyl (C=O) groups is 1. The Morgan fingerprint density at radius 1 is 1.08 bits per heavy atom. The van der Waals surface area contributed by atoms with Crippen LogP contribution in [0.1, 0.15) is 55.3 Å². The SMILES string of the molecule is O=C(c1cnc2ccccn2c1=O)N1CCC[C@H]1C1CCCCC1. The van der Waals surface area contributed by atoms with Gasteiger partial charge < -0.3 is 4.90 Å². The summed E-state index contributed by atoms with van der Waals surface area (Å²) in [6.07, 6.45) is 11.5. The first kappa shape index (κ1) is 15.4. The Balaban J connectivity index is 1.65. The minimum atomic E-state index is -0.264. The summed E-state index contributed by atoms with van der Waals surface area (Å²) in [6.45, 7) is 0.761. The van der Waals surface area contributed by atoms with E-state index in [1.165, 1.54) is 42.7 Å². The molecule has 3 heterocycles. The summed E-state index contributed by atoms with van der Waals surface area (Å²) in [7, 11) is 0. The Morgan fingerprint density at radius 3 is 2.75 bits per heavy atom. The smallest absolute Gasteiger partial charge is 0.270 e. The van der Waals surface area contributed by atoms with Crippen molar-refractivity contribution in [3.05, 3.63) is 46.5 Å². The summed E-state index contributed by atoms with van der Waals surface area (Å²) in [4.78, 5) is 32.0. The number of hydrogen-bond acceptors (Lipinski definition) is 3. The van der Waals surface area contributed by atoms with E-state index in [-0.39, 0.29) is 17.0 Å². The number of fused-ring (bicyclic) bond motifs is 1. The summed E-state index contributed by atoms with van der Waals surface area (Å²) < 4.78 is 1.46. The second kappa shape index (κ2) is 6.38. The molecule has 24 heavy (non-hydrogen) atoms. The number of hydrogen-bond donors (Lipinski definition) is 0. The average Bonchev–Trinajstić information content (AvgIpc) is 3.12. The molecule has 0 unspecified atom stereocenters. The summed E-state index contributed by atoms with van der Waals surface area (Å²) in [5.74, 6) is 0.459. The van der Waals surface area contributed by atoms with Gasteiger partial charge in [-0.2, -0.15) is 0 Å². The summed E-state index contributed by atoms with van der Waals surface area (Å²) in [5.41, 5.74) is 0.505. The number of likely N-dealkylation sites (tertiary alicyclic amines) is 1. The molecule has 0 spiro atoms. The highest BCUT2D eigenvalue weighted by molar-refractivity contribution is 5.94. The van der Waals surface area contributed by atoms with E-state index in [0.29, 0.717) is 17.6 Å². The number of nitrogens with zero attached hydrogens (tertiary/aromatic N) is 3. The van der Waals surface area contributed by atoms with Crippen LogP contribution in [0.4, 0.5) is 0 Å². The largest absolute Gasteiger partial charge is 0.335 e. The number of rotatable bonds is 2. The highest BCUT2D eigenvalue weighted by Crippen LogP contribution is 2.34. The molecule has 1 saturated carbocycles. The van der Waals surface area contributed by atoms with E-state index in [4.69, 9.17) is 0 Å². The van der Waals surface area contributed by atoms with Crippen LogP contribution in [0.15, 0.2) is 35.4 Å². The van der Waals surface area contributed by atoms with Gasteiger partial charge >= 0.3 is 0 Å². The van der Waals surface area contributed by atoms with E-state index in [1.807, 2.05) is 11.0 Å². The molecule has 126 valence electrons. The van der Waals surface area contributed by atoms with Gasteiger partial charge in [-0.3, -0.25) is 14.0 Å². The molecule has 5 heteroatoms. The maximum atomic E-state index is 13.0. The second-order valence-corrected chi connectivity index (χ2v) is 7.01. The summed E-state index contributed by atoms with van der Waals surface area (Å²) in [6, 6.07) is 5.69. The average molecular weight is 325 g/mol. The first-order valence-corrected chi connectivity index (χ1v) is 9.03. The van der Waals surface area contributed by atoms with E-state index < -0.39 is 0 Å². The normalized spacial score (nSPS) is 22.2. The van der Waals surface area contributed by atoms with Gasteiger partial charge in [0.1, 0.15) is 11.2 Å². The maximum absolute atomic E-state index is 13.0. The highest BCUT2D eigenvalue weighted by Gasteiger charge is 2.36. The molecule has 0 N–H and O–H groups in total. The molecule has 4 rings (SSSR count). The quantitative estimate of drug-likeness (QED) is 0.853. The Kier molecular flexibility index (Phi) is 4.08. The van der Waals surface area contributed by atoms with Gasteiger partial charge in [0.25, 0.3) is 11.5 Å². The van der Waals surface area contributed by atoms with Crippen LogP contribution in [0.3, 0.4) is 0 Å². The number of carbonyl (C=O) groups excluding carboxylic acids is 1. The van der Waals surface area contributed by atoms with Gasteiger partial charge in [-0.25, -0.2) is 4.98 Å². The molecule has 0 bridgehead atoms. The third-order valence-corrected chi connectivity index (χ3v) is 5.60. The van der Waals surface area contributed by atoms with Gasteiger partial charge in [-0.05, 0) is 43.7 Å². The van der Waals surface area contributed by atoms with Crippen LogP contribution in [-0.2, 0) is 0 Å². The van der Waals surface area contributed by atoms with Gasteiger partial charge in [0.2, 0.25) is 0 Å². The van der Waals surface area contributed by atoms with Crippen LogP contribution in [0.5, 0.6) is 0 Å². The standard InChI is InChI=1S/C19H23N3O2/c23-18(15-13-20-17-10-4-5-11-22(17)19(15)24)21-12-6-9-16(21)14-7-2-1-3-8-14/h4-5,10-11,13-14,16H,1-3,6-9,12H2/t16-/m0/s1. The zero-order valence-corrected chi connectivity index (χ0v) is 13.9. The lowest BCUT2D eigenvalue weighted by molar-refractivity contribution is 0.0659. The van der Waals surface area contributed by atoms with Gasteiger partial charge in [0.15, 0.2) is 0 Å². The molecular formula is C19H23N3O2. The first-order valence-electron chi connectivity index (χ1n) is 9.03. The van der Waals surface area contributed by atoms with E-state index in [1.54, 1.807) is 18.3 Å². The van der Waals surface area contributed by atoms with Crippen LogP contribution in [-0.4, -0.2) is 32.8 Å². The minimum Gasteiger partial charge on any atom is -0.335 e. The molecule has 1 saturated heterocycles. The number of amides is 1. The first-order chi connectivity index (χ1) is 11.8. The lowest BCUT2D eigenvalue weighted by Gasteiger charge is -2.34. The fourth-order valence-corrected chi connectivity index (χ4v) is 4.38. The predicted molar refractivity (Wildman–Crippen MR) is 92.1 cm³/mol. The molecule has 2 fully saturated rings. The Morgan fingerprint density at radius 2 is 1.92 bits per heavy atom. The fraction of sp³-hybridized carbons (Fsp3) is 0.526. The number of aromatic nitrogens is 2. The van der Waals surface area contributed by atoms with Crippen molar-refractivity contribution in [3.63, 3.8) is 0 Å². The Hall–Kier alpha value is -2.17. The van der Waals surface area contributed by atoms with Crippen LogP contribution in [0, 0.1) is 5.92 Å². The van der Waals surface area contributed by atoms with E-state index >= 15 is 0 Å². The van der Waals surface area contributed by atoms with Crippen molar-refractivity contribution in [1.82, 2.24) is 14.3 Å². The van der Waals surface area contributed by atoms with Gasteiger partial charge in [-0.15, -0.1) is 0 Å².